The third-order valence-corrected chi connectivity index (χ3v) is 3.78. The van der Waals surface area contributed by atoms with Gasteiger partial charge in [0.25, 0.3) is 0 Å². The normalized spacial score (nSPS) is 13.4. The van der Waals surface area contributed by atoms with E-state index in [9.17, 15) is 0 Å². The molecular weight excluding hydrogens is 258 g/mol. The van der Waals surface area contributed by atoms with Crippen LogP contribution in [0, 0.1) is 5.41 Å². The minimum Gasteiger partial charge on any atom is -0.496 e. The summed E-state index contributed by atoms with van der Waals surface area (Å²) in [5.74, 6) is 0.945. The molecule has 0 saturated carbocycles. The minimum atomic E-state index is 0.286. The topological polar surface area (TPSA) is 21.3 Å². The second-order valence-corrected chi connectivity index (χ2v) is 6.78. The predicted octanol–water partition coefficient (Wildman–Crippen LogP) is 4.94. The quantitative estimate of drug-likeness (QED) is 0.840. The molecule has 0 amide bonds. The van der Waals surface area contributed by atoms with Crippen molar-refractivity contribution in [1.82, 2.24) is 5.32 Å². The van der Waals surface area contributed by atoms with Gasteiger partial charge in [0.2, 0.25) is 0 Å². The average molecular weight is 285 g/mol. The standard InChI is InChI=1S/C19H27NO/c1-6-20-17(13-19(2,3)4)15-11-12-18(21-5)16-10-8-7-9-14(15)16/h7-12,17,20H,6,13H2,1-5H3. The molecule has 0 aliphatic carbocycles. The first kappa shape index (κ1) is 15.8. The van der Waals surface area contributed by atoms with Crippen LogP contribution in [0.3, 0.4) is 0 Å². The molecule has 0 aliphatic rings. The SMILES string of the molecule is CCNC(CC(C)(C)C)c1ccc(OC)c2ccccc12. The number of hydrogen-bond acceptors (Lipinski definition) is 2. The van der Waals surface area contributed by atoms with Gasteiger partial charge < -0.3 is 10.1 Å². The summed E-state index contributed by atoms with van der Waals surface area (Å²) in [5, 5.41) is 6.12. The van der Waals surface area contributed by atoms with Gasteiger partial charge in [0.05, 0.1) is 7.11 Å². The van der Waals surface area contributed by atoms with E-state index in [4.69, 9.17) is 4.74 Å². The molecule has 2 nitrogen and oxygen atoms in total. The summed E-state index contributed by atoms with van der Waals surface area (Å²) in [6.07, 6.45) is 1.11. The van der Waals surface area contributed by atoms with Crippen LogP contribution in [0.2, 0.25) is 0 Å². The van der Waals surface area contributed by atoms with Gasteiger partial charge in [0, 0.05) is 11.4 Å². The van der Waals surface area contributed by atoms with Crippen LogP contribution in [0.15, 0.2) is 36.4 Å². The number of fused-ring (bicyclic) bond motifs is 1. The van der Waals surface area contributed by atoms with E-state index in [1.807, 2.05) is 0 Å². The van der Waals surface area contributed by atoms with E-state index in [0.717, 1.165) is 18.7 Å². The van der Waals surface area contributed by atoms with Crippen LogP contribution in [-0.4, -0.2) is 13.7 Å². The lowest BCUT2D eigenvalue weighted by molar-refractivity contribution is 0.315. The van der Waals surface area contributed by atoms with Crippen molar-refractivity contribution in [2.24, 2.45) is 5.41 Å². The number of benzene rings is 2. The van der Waals surface area contributed by atoms with Crippen LogP contribution in [-0.2, 0) is 0 Å². The third kappa shape index (κ3) is 3.76. The van der Waals surface area contributed by atoms with E-state index < -0.39 is 0 Å². The summed E-state index contributed by atoms with van der Waals surface area (Å²) in [6.45, 7) is 10.0. The Morgan fingerprint density at radius 1 is 1.05 bits per heavy atom. The van der Waals surface area contributed by atoms with Crippen molar-refractivity contribution in [1.29, 1.82) is 0 Å². The molecule has 114 valence electrons. The van der Waals surface area contributed by atoms with Gasteiger partial charge in [-0.1, -0.05) is 58.0 Å². The van der Waals surface area contributed by atoms with E-state index in [-0.39, 0.29) is 5.41 Å². The lowest BCUT2D eigenvalue weighted by Gasteiger charge is -2.28. The third-order valence-electron chi connectivity index (χ3n) is 3.78. The van der Waals surface area contributed by atoms with E-state index in [2.05, 4.69) is 69.4 Å². The van der Waals surface area contributed by atoms with Crippen LogP contribution in [0.4, 0.5) is 0 Å². The van der Waals surface area contributed by atoms with E-state index in [1.165, 1.54) is 16.3 Å². The maximum Gasteiger partial charge on any atom is 0.126 e. The predicted molar refractivity (Wildman–Crippen MR) is 91.0 cm³/mol. The maximum atomic E-state index is 5.50. The first-order chi connectivity index (χ1) is 9.96. The molecule has 0 aliphatic heterocycles. The molecule has 1 N–H and O–H groups in total. The molecule has 2 aromatic rings. The Morgan fingerprint density at radius 2 is 1.71 bits per heavy atom. The van der Waals surface area contributed by atoms with Crippen molar-refractivity contribution in [3.05, 3.63) is 42.0 Å². The Kier molecular flexibility index (Phi) is 4.89. The summed E-state index contributed by atoms with van der Waals surface area (Å²) in [4.78, 5) is 0. The molecule has 1 atom stereocenters. The van der Waals surface area contributed by atoms with Crippen molar-refractivity contribution in [3.8, 4) is 5.75 Å². The lowest BCUT2D eigenvalue weighted by Crippen LogP contribution is -2.25. The van der Waals surface area contributed by atoms with Crippen LogP contribution in [0.25, 0.3) is 10.8 Å². The highest BCUT2D eigenvalue weighted by Gasteiger charge is 2.21. The number of methoxy groups -OCH3 is 1. The largest absolute Gasteiger partial charge is 0.496 e. The Bertz CT molecular complexity index is 598. The highest BCUT2D eigenvalue weighted by molar-refractivity contribution is 5.91. The zero-order valence-corrected chi connectivity index (χ0v) is 13.9. The molecule has 0 radical (unpaired) electrons. The van der Waals surface area contributed by atoms with Gasteiger partial charge in [-0.2, -0.15) is 0 Å². The highest BCUT2D eigenvalue weighted by atomic mass is 16.5. The molecule has 0 saturated heterocycles. The van der Waals surface area contributed by atoms with Gasteiger partial charge in [-0.15, -0.1) is 0 Å². The lowest BCUT2D eigenvalue weighted by atomic mass is 9.84. The van der Waals surface area contributed by atoms with Gasteiger partial charge in [0.15, 0.2) is 0 Å². The number of nitrogens with one attached hydrogen (secondary N) is 1. The smallest absolute Gasteiger partial charge is 0.126 e. The zero-order valence-electron chi connectivity index (χ0n) is 13.9. The second-order valence-electron chi connectivity index (χ2n) is 6.78. The number of rotatable bonds is 5. The molecule has 0 bridgehead atoms. The highest BCUT2D eigenvalue weighted by Crippen LogP contribution is 2.36. The molecule has 1 unspecified atom stereocenters. The summed E-state index contributed by atoms with van der Waals surface area (Å²) in [7, 11) is 1.73. The van der Waals surface area contributed by atoms with Crippen LogP contribution < -0.4 is 10.1 Å². The van der Waals surface area contributed by atoms with E-state index in [0.29, 0.717) is 6.04 Å². The number of hydrogen-bond donors (Lipinski definition) is 1. The van der Waals surface area contributed by atoms with Crippen LogP contribution in [0.5, 0.6) is 5.75 Å². The molecule has 0 heterocycles. The zero-order chi connectivity index (χ0) is 15.5. The van der Waals surface area contributed by atoms with Crippen molar-refractivity contribution in [3.63, 3.8) is 0 Å². The fraction of sp³-hybridized carbons (Fsp3) is 0.474. The van der Waals surface area contributed by atoms with E-state index in [1.54, 1.807) is 7.11 Å². The average Bonchev–Trinajstić information content (AvgIpc) is 2.44. The monoisotopic (exact) mass is 285 g/mol. The molecule has 0 fully saturated rings. The van der Waals surface area contributed by atoms with Gasteiger partial charge >= 0.3 is 0 Å². The molecule has 0 aromatic heterocycles. The summed E-state index contributed by atoms with van der Waals surface area (Å²) < 4.78 is 5.50. The Labute approximate surface area is 128 Å². The van der Waals surface area contributed by atoms with Gasteiger partial charge in [-0.3, -0.25) is 0 Å². The fourth-order valence-electron chi connectivity index (χ4n) is 2.93. The van der Waals surface area contributed by atoms with Crippen molar-refractivity contribution < 1.29 is 4.74 Å². The summed E-state index contributed by atoms with van der Waals surface area (Å²) in [6, 6.07) is 13.2. The van der Waals surface area contributed by atoms with Crippen molar-refractivity contribution >= 4 is 10.8 Å². The first-order valence-electron chi connectivity index (χ1n) is 7.75. The van der Waals surface area contributed by atoms with Gasteiger partial charge in [-0.25, -0.2) is 0 Å². The minimum absolute atomic E-state index is 0.286. The summed E-state index contributed by atoms with van der Waals surface area (Å²) >= 11 is 0. The Balaban J connectivity index is 2.52. The Hall–Kier alpha value is -1.54. The maximum absolute atomic E-state index is 5.50. The van der Waals surface area contributed by atoms with Crippen molar-refractivity contribution in [2.75, 3.05) is 13.7 Å². The molecule has 2 aromatic carbocycles. The van der Waals surface area contributed by atoms with Crippen molar-refractivity contribution in [2.45, 2.75) is 40.2 Å². The number of ether oxygens (including phenoxy) is 1. The summed E-state index contributed by atoms with van der Waals surface area (Å²) in [5.41, 5.74) is 1.65. The van der Waals surface area contributed by atoms with Crippen LogP contribution >= 0.6 is 0 Å². The molecule has 0 spiro atoms. The van der Waals surface area contributed by atoms with E-state index >= 15 is 0 Å². The molecule has 2 heteroatoms. The Morgan fingerprint density at radius 3 is 2.29 bits per heavy atom. The molecule has 2 rings (SSSR count). The molecular formula is C19H27NO. The van der Waals surface area contributed by atoms with Crippen LogP contribution in [0.1, 0.15) is 45.7 Å². The first-order valence-corrected chi connectivity index (χ1v) is 7.75. The molecule has 21 heavy (non-hydrogen) atoms. The second kappa shape index (κ2) is 6.48. The fourth-order valence-corrected chi connectivity index (χ4v) is 2.93. The van der Waals surface area contributed by atoms with Gasteiger partial charge in [-0.05, 0) is 35.4 Å². The van der Waals surface area contributed by atoms with Gasteiger partial charge in [0.1, 0.15) is 5.75 Å².